The zero-order chi connectivity index (χ0) is 13.7. The molecule has 1 aliphatic carbocycles. The van der Waals surface area contributed by atoms with Crippen LogP contribution in [0, 0.1) is 16.0 Å². The maximum atomic E-state index is 10.9. The first-order chi connectivity index (χ1) is 9.19. The molecule has 2 rings (SSSR count). The molecule has 5 heteroatoms. The lowest BCUT2D eigenvalue weighted by Crippen LogP contribution is -2.04. The standard InChI is InChI=1S/C14H21N3O2/c1-2-15-12-8-13(10-14(9-12)17(18)19)16-7-3-4-11-5-6-11/h8-11,15-16H,2-7H2,1H3. The van der Waals surface area contributed by atoms with E-state index in [0.717, 1.165) is 36.8 Å². The molecule has 104 valence electrons. The van der Waals surface area contributed by atoms with Crippen molar-refractivity contribution in [1.29, 1.82) is 0 Å². The summed E-state index contributed by atoms with van der Waals surface area (Å²) >= 11 is 0. The molecule has 1 fully saturated rings. The molecule has 1 aromatic carbocycles. The fourth-order valence-electron chi connectivity index (χ4n) is 2.15. The average Bonchev–Trinajstić information content (AvgIpc) is 3.19. The molecular formula is C14H21N3O2. The van der Waals surface area contributed by atoms with Gasteiger partial charge in [0.2, 0.25) is 0 Å². The van der Waals surface area contributed by atoms with Gasteiger partial charge in [0.1, 0.15) is 0 Å². The third-order valence-corrected chi connectivity index (χ3v) is 3.32. The van der Waals surface area contributed by atoms with Crippen LogP contribution in [0.2, 0.25) is 0 Å². The zero-order valence-corrected chi connectivity index (χ0v) is 11.3. The minimum atomic E-state index is -0.351. The minimum Gasteiger partial charge on any atom is -0.385 e. The van der Waals surface area contributed by atoms with Gasteiger partial charge in [0.25, 0.3) is 5.69 Å². The van der Waals surface area contributed by atoms with Crippen molar-refractivity contribution >= 4 is 17.1 Å². The van der Waals surface area contributed by atoms with Crippen LogP contribution in [-0.4, -0.2) is 18.0 Å². The summed E-state index contributed by atoms with van der Waals surface area (Å²) in [7, 11) is 0. The average molecular weight is 263 g/mol. The van der Waals surface area contributed by atoms with Gasteiger partial charge in [-0.1, -0.05) is 12.8 Å². The summed E-state index contributed by atoms with van der Waals surface area (Å²) < 4.78 is 0. The van der Waals surface area contributed by atoms with E-state index in [9.17, 15) is 10.1 Å². The second-order valence-electron chi connectivity index (χ2n) is 5.07. The van der Waals surface area contributed by atoms with E-state index in [1.54, 1.807) is 12.1 Å². The number of rotatable bonds is 8. The van der Waals surface area contributed by atoms with Gasteiger partial charge in [-0.15, -0.1) is 0 Å². The lowest BCUT2D eigenvalue weighted by molar-refractivity contribution is -0.384. The van der Waals surface area contributed by atoms with Crippen LogP contribution in [-0.2, 0) is 0 Å². The Bertz CT molecular complexity index is 444. The Balaban J connectivity index is 1.94. The highest BCUT2D eigenvalue weighted by molar-refractivity contribution is 5.63. The van der Waals surface area contributed by atoms with Crippen LogP contribution in [0.1, 0.15) is 32.6 Å². The highest BCUT2D eigenvalue weighted by atomic mass is 16.6. The second-order valence-corrected chi connectivity index (χ2v) is 5.07. The summed E-state index contributed by atoms with van der Waals surface area (Å²) in [6, 6.07) is 5.09. The summed E-state index contributed by atoms with van der Waals surface area (Å²) in [5.41, 5.74) is 1.74. The number of nitrogens with one attached hydrogen (secondary N) is 2. The van der Waals surface area contributed by atoms with Crippen molar-refractivity contribution in [3.63, 3.8) is 0 Å². The van der Waals surface area contributed by atoms with Crippen LogP contribution in [0.15, 0.2) is 18.2 Å². The molecule has 1 aliphatic rings. The lowest BCUT2D eigenvalue weighted by atomic mass is 10.2. The molecular weight excluding hydrogens is 242 g/mol. The van der Waals surface area contributed by atoms with Crippen LogP contribution in [0.25, 0.3) is 0 Å². The summed E-state index contributed by atoms with van der Waals surface area (Å²) in [5.74, 6) is 0.934. The van der Waals surface area contributed by atoms with Gasteiger partial charge in [-0.25, -0.2) is 0 Å². The lowest BCUT2D eigenvalue weighted by Gasteiger charge is -2.09. The molecule has 2 N–H and O–H groups in total. The van der Waals surface area contributed by atoms with Crippen LogP contribution in [0.4, 0.5) is 17.1 Å². The van der Waals surface area contributed by atoms with Gasteiger partial charge in [0, 0.05) is 36.6 Å². The largest absolute Gasteiger partial charge is 0.385 e. The normalized spacial score (nSPS) is 14.2. The first-order valence-corrected chi connectivity index (χ1v) is 6.96. The molecule has 0 aliphatic heterocycles. The highest BCUT2D eigenvalue weighted by Crippen LogP contribution is 2.33. The van der Waals surface area contributed by atoms with Crippen molar-refractivity contribution in [1.82, 2.24) is 0 Å². The number of nitrogens with zero attached hydrogens (tertiary/aromatic N) is 1. The Labute approximate surface area is 113 Å². The molecule has 0 saturated heterocycles. The molecule has 0 spiro atoms. The van der Waals surface area contributed by atoms with Crippen LogP contribution < -0.4 is 10.6 Å². The SMILES string of the molecule is CCNc1cc(NCCCC2CC2)cc([N+](=O)[O-])c1. The number of anilines is 2. The van der Waals surface area contributed by atoms with Gasteiger partial charge in [0.15, 0.2) is 0 Å². The van der Waals surface area contributed by atoms with Gasteiger partial charge in [0.05, 0.1) is 4.92 Å². The Morgan fingerprint density at radius 2 is 1.95 bits per heavy atom. The van der Waals surface area contributed by atoms with Crippen molar-refractivity contribution in [3.05, 3.63) is 28.3 Å². The molecule has 0 heterocycles. The van der Waals surface area contributed by atoms with Crippen molar-refractivity contribution < 1.29 is 4.92 Å². The number of hydrogen-bond acceptors (Lipinski definition) is 4. The Hall–Kier alpha value is -1.78. The predicted octanol–water partition coefficient (Wildman–Crippen LogP) is 3.63. The molecule has 0 atom stereocenters. The Morgan fingerprint density at radius 1 is 1.26 bits per heavy atom. The summed E-state index contributed by atoms with van der Waals surface area (Å²) in [6.45, 7) is 3.60. The Morgan fingerprint density at radius 3 is 2.53 bits per heavy atom. The zero-order valence-electron chi connectivity index (χ0n) is 11.3. The fourth-order valence-corrected chi connectivity index (χ4v) is 2.15. The molecule has 0 radical (unpaired) electrons. The number of nitro benzene ring substituents is 1. The fraction of sp³-hybridized carbons (Fsp3) is 0.571. The van der Waals surface area contributed by atoms with Gasteiger partial charge in [-0.2, -0.15) is 0 Å². The van der Waals surface area contributed by atoms with Gasteiger partial charge < -0.3 is 10.6 Å². The third-order valence-electron chi connectivity index (χ3n) is 3.32. The van der Waals surface area contributed by atoms with E-state index in [1.165, 1.54) is 19.3 Å². The van der Waals surface area contributed by atoms with Gasteiger partial charge in [-0.05, 0) is 31.7 Å². The van der Waals surface area contributed by atoms with E-state index in [0.29, 0.717) is 0 Å². The van der Waals surface area contributed by atoms with E-state index in [-0.39, 0.29) is 10.6 Å². The molecule has 1 aromatic rings. The Kier molecular flexibility index (Phi) is 4.60. The third kappa shape index (κ3) is 4.43. The van der Waals surface area contributed by atoms with Gasteiger partial charge >= 0.3 is 0 Å². The van der Waals surface area contributed by atoms with E-state index in [1.807, 2.05) is 13.0 Å². The van der Waals surface area contributed by atoms with Crippen molar-refractivity contribution in [2.45, 2.75) is 32.6 Å². The minimum absolute atomic E-state index is 0.128. The molecule has 1 saturated carbocycles. The topological polar surface area (TPSA) is 67.2 Å². The van der Waals surface area contributed by atoms with Crippen LogP contribution in [0.3, 0.4) is 0 Å². The van der Waals surface area contributed by atoms with E-state index < -0.39 is 0 Å². The number of hydrogen-bond donors (Lipinski definition) is 2. The number of benzene rings is 1. The maximum Gasteiger partial charge on any atom is 0.273 e. The first-order valence-electron chi connectivity index (χ1n) is 6.96. The maximum absolute atomic E-state index is 10.9. The smallest absolute Gasteiger partial charge is 0.273 e. The molecule has 0 unspecified atom stereocenters. The highest BCUT2D eigenvalue weighted by Gasteiger charge is 2.20. The van der Waals surface area contributed by atoms with E-state index in [4.69, 9.17) is 0 Å². The van der Waals surface area contributed by atoms with Crippen molar-refractivity contribution in [2.75, 3.05) is 23.7 Å². The van der Waals surface area contributed by atoms with Crippen molar-refractivity contribution in [2.24, 2.45) is 5.92 Å². The molecule has 19 heavy (non-hydrogen) atoms. The molecule has 5 nitrogen and oxygen atoms in total. The van der Waals surface area contributed by atoms with Crippen molar-refractivity contribution in [3.8, 4) is 0 Å². The quantitative estimate of drug-likeness (QED) is 0.427. The summed E-state index contributed by atoms with van der Waals surface area (Å²) in [4.78, 5) is 10.5. The van der Waals surface area contributed by atoms with Gasteiger partial charge in [-0.3, -0.25) is 10.1 Å². The second kappa shape index (κ2) is 6.41. The number of nitro groups is 1. The summed E-state index contributed by atoms with van der Waals surface area (Å²) in [6.07, 6.45) is 5.15. The first kappa shape index (κ1) is 13.6. The molecule has 0 aromatic heterocycles. The van der Waals surface area contributed by atoms with Crippen LogP contribution >= 0.6 is 0 Å². The predicted molar refractivity (Wildman–Crippen MR) is 77.7 cm³/mol. The van der Waals surface area contributed by atoms with Crippen LogP contribution in [0.5, 0.6) is 0 Å². The van der Waals surface area contributed by atoms with E-state index >= 15 is 0 Å². The van der Waals surface area contributed by atoms with E-state index in [2.05, 4.69) is 10.6 Å². The molecule has 0 amide bonds. The molecule has 0 bridgehead atoms. The number of non-ortho nitro benzene ring substituents is 1. The summed E-state index contributed by atoms with van der Waals surface area (Å²) in [5, 5.41) is 17.3. The monoisotopic (exact) mass is 263 g/mol.